The lowest BCUT2D eigenvalue weighted by atomic mass is 10.1. The van der Waals surface area contributed by atoms with Gasteiger partial charge in [-0.1, -0.05) is 6.07 Å². The maximum Gasteiger partial charge on any atom is 0.333 e. The monoisotopic (exact) mass is 237 g/mol. The van der Waals surface area contributed by atoms with E-state index in [2.05, 4.69) is 0 Å². The predicted molar refractivity (Wildman–Crippen MR) is 54.6 cm³/mol. The Morgan fingerprint density at radius 2 is 2.18 bits per heavy atom. The SMILES string of the molecule is CN1C(=O)N(C#N)CC1c1ccc(F)cc1F. The molecule has 6 heteroatoms. The zero-order chi connectivity index (χ0) is 12.6. The van der Waals surface area contributed by atoms with Crippen molar-refractivity contribution in [1.82, 2.24) is 9.80 Å². The van der Waals surface area contributed by atoms with Gasteiger partial charge in [0.2, 0.25) is 0 Å². The van der Waals surface area contributed by atoms with Crippen molar-refractivity contribution in [3.63, 3.8) is 0 Å². The zero-order valence-corrected chi connectivity index (χ0v) is 9.02. The highest BCUT2D eigenvalue weighted by Crippen LogP contribution is 2.29. The van der Waals surface area contributed by atoms with Crippen molar-refractivity contribution in [2.45, 2.75) is 6.04 Å². The van der Waals surface area contributed by atoms with Crippen LogP contribution in [0.3, 0.4) is 0 Å². The second kappa shape index (κ2) is 4.01. The van der Waals surface area contributed by atoms with Gasteiger partial charge in [-0.2, -0.15) is 5.26 Å². The van der Waals surface area contributed by atoms with Crippen molar-refractivity contribution in [3.05, 3.63) is 35.4 Å². The minimum atomic E-state index is -0.713. The number of halogens is 2. The van der Waals surface area contributed by atoms with Gasteiger partial charge in [0, 0.05) is 18.7 Å². The van der Waals surface area contributed by atoms with Gasteiger partial charge >= 0.3 is 6.03 Å². The van der Waals surface area contributed by atoms with Crippen LogP contribution in [0.5, 0.6) is 0 Å². The highest BCUT2D eigenvalue weighted by Gasteiger charge is 2.37. The van der Waals surface area contributed by atoms with E-state index < -0.39 is 23.7 Å². The minimum absolute atomic E-state index is 0.0778. The van der Waals surface area contributed by atoms with Gasteiger partial charge in [0.25, 0.3) is 0 Å². The van der Waals surface area contributed by atoms with E-state index in [1.54, 1.807) is 6.19 Å². The predicted octanol–water partition coefficient (Wildman–Crippen LogP) is 1.85. The molecule has 1 fully saturated rings. The van der Waals surface area contributed by atoms with Crippen LogP contribution >= 0.6 is 0 Å². The number of nitriles is 1. The van der Waals surface area contributed by atoms with Gasteiger partial charge < -0.3 is 4.90 Å². The molecule has 4 nitrogen and oxygen atoms in total. The Bertz CT molecular complexity index is 512. The number of urea groups is 1. The fraction of sp³-hybridized carbons (Fsp3) is 0.273. The molecule has 0 saturated carbocycles. The van der Waals surface area contributed by atoms with Gasteiger partial charge in [-0.25, -0.2) is 18.5 Å². The van der Waals surface area contributed by atoms with Gasteiger partial charge in [0.1, 0.15) is 11.6 Å². The molecule has 2 rings (SSSR count). The summed E-state index contributed by atoms with van der Waals surface area (Å²) in [5.74, 6) is -1.38. The van der Waals surface area contributed by atoms with Crippen molar-refractivity contribution in [2.75, 3.05) is 13.6 Å². The molecular formula is C11H9F2N3O. The number of rotatable bonds is 1. The van der Waals surface area contributed by atoms with Crippen LogP contribution in [0.1, 0.15) is 11.6 Å². The Labute approximate surface area is 96.7 Å². The van der Waals surface area contributed by atoms with Gasteiger partial charge in [-0.15, -0.1) is 0 Å². The van der Waals surface area contributed by atoms with Gasteiger partial charge in [0.15, 0.2) is 6.19 Å². The molecule has 0 N–H and O–H groups in total. The van der Waals surface area contributed by atoms with Crippen LogP contribution in [0.25, 0.3) is 0 Å². The summed E-state index contributed by atoms with van der Waals surface area (Å²) in [5, 5.41) is 8.71. The summed E-state index contributed by atoms with van der Waals surface area (Å²) in [6.07, 6.45) is 1.72. The molecule has 0 radical (unpaired) electrons. The second-order valence-electron chi connectivity index (χ2n) is 3.79. The molecule has 1 heterocycles. The molecule has 2 amide bonds. The Kier molecular flexibility index (Phi) is 2.68. The lowest BCUT2D eigenvalue weighted by Crippen LogP contribution is -2.26. The van der Waals surface area contributed by atoms with Crippen LogP contribution in [-0.2, 0) is 0 Å². The smallest absolute Gasteiger partial charge is 0.318 e. The molecule has 1 aliphatic heterocycles. The normalized spacial score (nSPS) is 19.6. The maximum atomic E-state index is 13.6. The first kappa shape index (κ1) is 11.3. The van der Waals surface area contributed by atoms with Gasteiger partial charge in [-0.05, 0) is 6.07 Å². The average molecular weight is 237 g/mol. The van der Waals surface area contributed by atoms with Crippen molar-refractivity contribution >= 4 is 6.03 Å². The third-order valence-electron chi connectivity index (χ3n) is 2.80. The van der Waals surface area contributed by atoms with Crippen LogP contribution < -0.4 is 0 Å². The Hall–Kier alpha value is -2.16. The van der Waals surface area contributed by atoms with Crippen LogP contribution in [0.15, 0.2) is 18.2 Å². The summed E-state index contributed by atoms with van der Waals surface area (Å²) < 4.78 is 26.3. The number of likely N-dealkylation sites (N-methyl/N-ethyl adjacent to an activating group) is 1. The van der Waals surface area contributed by atoms with E-state index in [-0.39, 0.29) is 12.1 Å². The first-order valence-corrected chi connectivity index (χ1v) is 4.93. The molecule has 88 valence electrons. The van der Waals surface area contributed by atoms with Crippen molar-refractivity contribution in [2.24, 2.45) is 0 Å². The largest absolute Gasteiger partial charge is 0.333 e. The van der Waals surface area contributed by atoms with Crippen LogP contribution in [0.4, 0.5) is 13.6 Å². The average Bonchev–Trinajstić information content (AvgIpc) is 2.57. The number of hydrogen-bond donors (Lipinski definition) is 0. The molecule has 1 aromatic carbocycles. The second-order valence-corrected chi connectivity index (χ2v) is 3.79. The molecule has 1 atom stereocenters. The maximum absolute atomic E-state index is 13.6. The molecule has 0 spiro atoms. The lowest BCUT2D eigenvalue weighted by molar-refractivity contribution is 0.205. The summed E-state index contributed by atoms with van der Waals surface area (Å²) in [6, 6.07) is 2.14. The standard InChI is InChI=1S/C11H9F2N3O/c1-15-10(5-16(6-14)11(15)17)8-3-2-7(12)4-9(8)13/h2-4,10H,5H2,1H3. The van der Waals surface area contributed by atoms with Crippen molar-refractivity contribution < 1.29 is 13.6 Å². The van der Waals surface area contributed by atoms with E-state index in [0.29, 0.717) is 0 Å². The van der Waals surface area contributed by atoms with E-state index in [0.717, 1.165) is 17.0 Å². The molecule has 17 heavy (non-hydrogen) atoms. The highest BCUT2D eigenvalue weighted by atomic mass is 19.1. The topological polar surface area (TPSA) is 47.3 Å². The van der Waals surface area contributed by atoms with E-state index in [9.17, 15) is 13.6 Å². The van der Waals surface area contributed by atoms with Crippen molar-refractivity contribution in [1.29, 1.82) is 5.26 Å². The van der Waals surface area contributed by atoms with E-state index in [1.807, 2.05) is 0 Å². The minimum Gasteiger partial charge on any atom is -0.318 e. The third kappa shape index (κ3) is 1.80. The summed E-state index contributed by atoms with van der Waals surface area (Å²) in [7, 11) is 1.48. The quantitative estimate of drug-likeness (QED) is 0.700. The number of benzene rings is 1. The van der Waals surface area contributed by atoms with E-state index in [4.69, 9.17) is 5.26 Å². The molecule has 0 aromatic heterocycles. The molecule has 0 aliphatic carbocycles. The number of amides is 2. The molecule has 1 unspecified atom stereocenters. The van der Waals surface area contributed by atoms with E-state index in [1.165, 1.54) is 18.0 Å². The fourth-order valence-electron chi connectivity index (χ4n) is 1.86. The molecule has 1 saturated heterocycles. The number of hydrogen-bond acceptors (Lipinski definition) is 2. The summed E-state index contributed by atoms with van der Waals surface area (Å²) in [4.78, 5) is 13.7. The van der Waals surface area contributed by atoms with E-state index >= 15 is 0 Å². The zero-order valence-electron chi connectivity index (χ0n) is 9.02. The Balaban J connectivity index is 2.36. The summed E-state index contributed by atoms with van der Waals surface area (Å²) in [6.45, 7) is 0.0778. The van der Waals surface area contributed by atoms with Crippen LogP contribution in [0.2, 0.25) is 0 Å². The molecule has 1 aromatic rings. The molecule has 0 bridgehead atoms. The Morgan fingerprint density at radius 3 is 2.71 bits per heavy atom. The highest BCUT2D eigenvalue weighted by molar-refractivity contribution is 5.78. The summed E-state index contributed by atoms with van der Waals surface area (Å²) >= 11 is 0. The number of carbonyl (C=O) groups is 1. The first-order chi connectivity index (χ1) is 8.04. The third-order valence-corrected chi connectivity index (χ3v) is 2.80. The van der Waals surface area contributed by atoms with Crippen LogP contribution in [0, 0.1) is 23.1 Å². The first-order valence-electron chi connectivity index (χ1n) is 4.93. The number of nitrogens with zero attached hydrogens (tertiary/aromatic N) is 3. The molecular weight excluding hydrogens is 228 g/mol. The fourth-order valence-corrected chi connectivity index (χ4v) is 1.86. The van der Waals surface area contributed by atoms with Crippen molar-refractivity contribution in [3.8, 4) is 6.19 Å². The van der Waals surface area contributed by atoms with Crippen LogP contribution in [-0.4, -0.2) is 29.4 Å². The van der Waals surface area contributed by atoms with Gasteiger partial charge in [-0.3, -0.25) is 0 Å². The Morgan fingerprint density at radius 1 is 1.47 bits per heavy atom. The lowest BCUT2D eigenvalue weighted by Gasteiger charge is -2.18. The summed E-state index contributed by atoms with van der Waals surface area (Å²) in [5.41, 5.74) is 0.208. The molecule has 1 aliphatic rings. The number of carbonyl (C=O) groups excluding carboxylic acids is 1. The van der Waals surface area contributed by atoms with Gasteiger partial charge in [0.05, 0.1) is 12.6 Å².